The average molecular weight is 574 g/mol. The molecule has 0 unspecified atom stereocenters. The van der Waals surface area contributed by atoms with Crippen molar-refractivity contribution < 1.29 is 23.6 Å². The molecule has 0 bridgehead atoms. The van der Waals surface area contributed by atoms with Crippen LogP contribution in [0.5, 0.6) is 0 Å². The standard InChI is InChI=1S/C27H32FN5O6S/c1-15-18(28)13-17-21(20(15)33(37)38)40-24(30-22(17)34)31-11-7-27(8-12-31)14-19(29-23(27)35)16-5-9-32(10-6-16)25(36)39-26(2,3)4/h13,16H,5-12,14H2,1-4H3. The molecular formula is C27H32FN5O6S. The Morgan fingerprint density at radius 1 is 1.20 bits per heavy atom. The predicted molar refractivity (Wildman–Crippen MR) is 149 cm³/mol. The summed E-state index contributed by atoms with van der Waals surface area (Å²) in [5, 5.41) is 11.9. The molecule has 214 valence electrons. The summed E-state index contributed by atoms with van der Waals surface area (Å²) < 4.78 is 19.8. The van der Waals surface area contributed by atoms with Crippen molar-refractivity contribution in [3.63, 3.8) is 0 Å². The zero-order valence-electron chi connectivity index (χ0n) is 23.0. The molecule has 40 heavy (non-hydrogen) atoms. The van der Waals surface area contributed by atoms with Gasteiger partial charge in [0.15, 0.2) is 5.13 Å². The summed E-state index contributed by atoms with van der Waals surface area (Å²) in [5.74, 6) is -0.807. The van der Waals surface area contributed by atoms with E-state index in [-0.39, 0.29) is 33.6 Å². The highest BCUT2D eigenvalue weighted by molar-refractivity contribution is 7.22. The molecule has 5 rings (SSSR count). The summed E-state index contributed by atoms with van der Waals surface area (Å²) in [5.41, 5.74) is -1.53. The number of hydrogen-bond acceptors (Lipinski definition) is 9. The van der Waals surface area contributed by atoms with Gasteiger partial charge < -0.3 is 14.5 Å². The van der Waals surface area contributed by atoms with E-state index >= 15 is 0 Å². The van der Waals surface area contributed by atoms with Crippen molar-refractivity contribution in [2.24, 2.45) is 16.3 Å². The van der Waals surface area contributed by atoms with Crippen molar-refractivity contribution in [1.82, 2.24) is 9.88 Å². The maximum Gasteiger partial charge on any atom is 0.410 e. The minimum atomic E-state index is -0.816. The van der Waals surface area contributed by atoms with Crippen molar-refractivity contribution in [3.8, 4) is 0 Å². The smallest absolute Gasteiger partial charge is 0.410 e. The van der Waals surface area contributed by atoms with E-state index in [1.165, 1.54) is 6.92 Å². The second-order valence-corrected chi connectivity index (χ2v) is 12.8. The van der Waals surface area contributed by atoms with Crippen LogP contribution >= 0.6 is 11.3 Å². The maximum absolute atomic E-state index is 14.2. The molecule has 3 aliphatic heterocycles. The van der Waals surface area contributed by atoms with Crippen LogP contribution in [0.15, 0.2) is 15.9 Å². The van der Waals surface area contributed by atoms with Crippen LogP contribution in [0.2, 0.25) is 0 Å². The Labute approximate surface area is 234 Å². The van der Waals surface area contributed by atoms with Crippen LogP contribution in [0, 0.1) is 34.2 Å². The lowest BCUT2D eigenvalue weighted by Gasteiger charge is -2.38. The van der Waals surface area contributed by atoms with Crippen LogP contribution in [-0.2, 0) is 9.53 Å². The largest absolute Gasteiger partial charge is 0.444 e. The van der Waals surface area contributed by atoms with Gasteiger partial charge in [-0.3, -0.25) is 19.7 Å². The number of benzene rings is 1. The minimum Gasteiger partial charge on any atom is -0.444 e. The molecule has 0 N–H and O–H groups in total. The molecule has 0 aliphatic carbocycles. The third-order valence-electron chi connectivity index (χ3n) is 8.08. The van der Waals surface area contributed by atoms with Gasteiger partial charge in [0.25, 0.3) is 17.2 Å². The van der Waals surface area contributed by atoms with Crippen molar-refractivity contribution in [1.29, 1.82) is 0 Å². The van der Waals surface area contributed by atoms with Gasteiger partial charge in [-0.25, -0.2) is 14.2 Å². The number of nitrogens with zero attached hydrogens (tertiary/aromatic N) is 5. The first kappa shape index (κ1) is 28.1. The van der Waals surface area contributed by atoms with Crippen molar-refractivity contribution >= 4 is 50.0 Å². The molecule has 1 spiro atoms. The number of carbonyl (C=O) groups is 2. The SMILES string of the molecule is Cc1c(F)cc2c(=O)nc(N3CCC4(CC3)CC(C3CCN(C(=O)OC(C)(C)C)CC3)=NC4=O)sc2c1[N+](=O)[O-]. The van der Waals surface area contributed by atoms with E-state index in [0.717, 1.165) is 36.0 Å². The Balaban J connectivity index is 1.26. The lowest BCUT2D eigenvalue weighted by molar-refractivity contribution is -0.383. The lowest BCUT2D eigenvalue weighted by atomic mass is 9.73. The van der Waals surface area contributed by atoms with Crippen LogP contribution in [-0.4, -0.2) is 64.3 Å². The number of nitro benzene ring substituents is 1. The van der Waals surface area contributed by atoms with E-state index < -0.39 is 33.0 Å². The number of likely N-dealkylation sites (tertiary alicyclic amines) is 1. The van der Waals surface area contributed by atoms with Gasteiger partial charge in [0, 0.05) is 44.2 Å². The summed E-state index contributed by atoms with van der Waals surface area (Å²) >= 11 is 0.997. The molecule has 0 atom stereocenters. The second-order valence-electron chi connectivity index (χ2n) is 11.9. The van der Waals surface area contributed by atoms with E-state index in [1.807, 2.05) is 25.7 Å². The van der Waals surface area contributed by atoms with Crippen LogP contribution in [0.4, 0.5) is 20.0 Å². The second kappa shape index (κ2) is 10.2. The summed E-state index contributed by atoms with van der Waals surface area (Å²) in [6.07, 6.45) is 2.72. The van der Waals surface area contributed by atoms with Crippen LogP contribution in [0.3, 0.4) is 0 Å². The zero-order valence-corrected chi connectivity index (χ0v) is 23.8. The molecule has 0 saturated carbocycles. The Kier molecular flexibility index (Phi) is 7.13. The molecule has 4 heterocycles. The fraction of sp³-hybridized carbons (Fsp3) is 0.593. The Morgan fingerprint density at radius 2 is 1.85 bits per heavy atom. The van der Waals surface area contributed by atoms with E-state index in [1.54, 1.807) is 4.90 Å². The first-order valence-corrected chi connectivity index (χ1v) is 14.2. The molecular weight excluding hydrogens is 541 g/mol. The summed E-state index contributed by atoms with van der Waals surface area (Å²) in [4.78, 5) is 61.4. The van der Waals surface area contributed by atoms with Gasteiger partial charge in [-0.15, -0.1) is 0 Å². The molecule has 2 saturated heterocycles. The van der Waals surface area contributed by atoms with Gasteiger partial charge in [-0.2, -0.15) is 4.98 Å². The zero-order chi connectivity index (χ0) is 29.0. The minimum absolute atomic E-state index is 0.0967. The molecule has 1 aromatic carbocycles. The number of ether oxygens (including phenoxy) is 1. The third-order valence-corrected chi connectivity index (χ3v) is 9.22. The number of piperidine rings is 2. The van der Waals surface area contributed by atoms with Gasteiger partial charge in [-0.05, 0) is 59.4 Å². The Morgan fingerprint density at radius 3 is 2.45 bits per heavy atom. The van der Waals surface area contributed by atoms with Gasteiger partial charge in [0.2, 0.25) is 0 Å². The number of aliphatic imine (C=N–C) groups is 1. The molecule has 3 aliphatic rings. The number of nitro groups is 1. The highest BCUT2D eigenvalue weighted by Gasteiger charge is 2.48. The first-order chi connectivity index (χ1) is 18.8. The Bertz CT molecular complexity index is 1480. The fourth-order valence-corrected chi connectivity index (χ4v) is 6.98. The van der Waals surface area contributed by atoms with E-state index in [4.69, 9.17) is 4.74 Å². The maximum atomic E-state index is 14.2. The summed E-state index contributed by atoms with van der Waals surface area (Å²) in [6, 6.07) is 1.01. The van der Waals surface area contributed by atoms with Gasteiger partial charge in [-0.1, -0.05) is 11.3 Å². The molecule has 1 aromatic heterocycles. The van der Waals surface area contributed by atoms with Crippen molar-refractivity contribution in [2.45, 2.75) is 65.4 Å². The van der Waals surface area contributed by atoms with Gasteiger partial charge in [0.1, 0.15) is 16.1 Å². The number of carbonyl (C=O) groups excluding carboxylic acids is 2. The van der Waals surface area contributed by atoms with Crippen molar-refractivity contribution in [2.75, 3.05) is 31.1 Å². The van der Waals surface area contributed by atoms with E-state index in [9.17, 15) is 28.9 Å². The average Bonchev–Trinajstić information content (AvgIpc) is 3.19. The van der Waals surface area contributed by atoms with E-state index in [0.29, 0.717) is 50.6 Å². The monoisotopic (exact) mass is 573 g/mol. The van der Waals surface area contributed by atoms with Crippen LogP contribution < -0.4 is 10.5 Å². The highest BCUT2D eigenvalue weighted by atomic mass is 32.1. The molecule has 2 aromatic rings. The quantitative estimate of drug-likeness (QED) is 0.384. The highest BCUT2D eigenvalue weighted by Crippen LogP contribution is 2.44. The first-order valence-electron chi connectivity index (χ1n) is 13.4. The van der Waals surface area contributed by atoms with Crippen LogP contribution in [0.25, 0.3) is 10.1 Å². The fourth-order valence-electron chi connectivity index (χ4n) is 5.77. The number of hydrogen-bond donors (Lipinski definition) is 0. The summed E-state index contributed by atoms with van der Waals surface area (Å²) in [7, 11) is 0. The predicted octanol–water partition coefficient (Wildman–Crippen LogP) is 4.62. The van der Waals surface area contributed by atoms with Crippen molar-refractivity contribution in [3.05, 3.63) is 37.9 Å². The van der Waals surface area contributed by atoms with Gasteiger partial charge in [0.05, 0.1) is 21.3 Å². The number of halogens is 1. The van der Waals surface area contributed by atoms with E-state index in [2.05, 4.69) is 9.98 Å². The number of amides is 2. The molecule has 2 fully saturated rings. The lowest BCUT2D eigenvalue weighted by Crippen LogP contribution is -2.44. The number of aromatic nitrogens is 1. The normalized spacial score (nSPS) is 19.8. The van der Waals surface area contributed by atoms with Crippen LogP contribution in [0.1, 0.15) is 58.4 Å². The number of anilines is 1. The third kappa shape index (κ3) is 5.18. The van der Waals surface area contributed by atoms with Gasteiger partial charge >= 0.3 is 6.09 Å². The summed E-state index contributed by atoms with van der Waals surface area (Å²) in [6.45, 7) is 8.81. The number of fused-ring (bicyclic) bond motifs is 1. The Hall–Kier alpha value is -3.48. The molecule has 0 radical (unpaired) electrons. The topological polar surface area (TPSA) is 135 Å². The molecule has 11 nitrogen and oxygen atoms in total. The molecule has 2 amide bonds. The molecule has 13 heteroatoms. The number of rotatable bonds is 3.